The molecular weight excluding hydrogens is 394 g/mol. The molecule has 0 amide bonds. The normalized spacial score (nSPS) is 12.0. The van der Waals surface area contributed by atoms with Crippen molar-refractivity contribution in [2.75, 3.05) is 4.72 Å². The Morgan fingerprint density at radius 1 is 1.12 bits per heavy atom. The molecule has 0 aromatic heterocycles. The van der Waals surface area contributed by atoms with Crippen molar-refractivity contribution in [3.63, 3.8) is 0 Å². The molecule has 0 aliphatic heterocycles. The molecule has 0 aliphatic rings. The number of hydrogen-bond donors (Lipinski definition) is 2. The Morgan fingerprint density at radius 3 is 2.38 bits per heavy atom. The molecule has 0 bridgehead atoms. The van der Waals surface area contributed by atoms with Crippen molar-refractivity contribution in [2.45, 2.75) is 11.3 Å². The summed E-state index contributed by atoms with van der Waals surface area (Å²) in [5.41, 5.74) is -0.481. The maximum absolute atomic E-state index is 12.4. The van der Waals surface area contributed by atoms with E-state index in [9.17, 15) is 26.7 Å². The topological polar surface area (TPSA) is 75.6 Å². The zero-order valence-corrected chi connectivity index (χ0v) is 13.8. The van der Waals surface area contributed by atoms with Crippen molar-refractivity contribution in [2.24, 2.45) is 0 Å². The predicted molar refractivity (Wildman–Crippen MR) is 82.1 cm³/mol. The molecule has 0 aliphatic carbocycles. The number of para-hydroxylation sites is 2. The van der Waals surface area contributed by atoms with Crippen molar-refractivity contribution in [3.8, 4) is 11.5 Å². The fourth-order valence-electron chi connectivity index (χ4n) is 1.71. The average Bonchev–Trinajstić information content (AvgIpc) is 2.43. The summed E-state index contributed by atoms with van der Waals surface area (Å²) in [6, 6.07) is 6.52. The Hall–Kier alpha value is -1.84. The lowest BCUT2D eigenvalue weighted by Gasteiger charge is -2.15. The van der Waals surface area contributed by atoms with Gasteiger partial charge in [-0.15, -0.1) is 13.2 Å². The summed E-state index contributed by atoms with van der Waals surface area (Å²) in [6.45, 7) is 0. The van der Waals surface area contributed by atoms with E-state index in [1.807, 2.05) is 4.72 Å². The number of alkyl halides is 3. The van der Waals surface area contributed by atoms with Crippen molar-refractivity contribution >= 4 is 38.9 Å². The van der Waals surface area contributed by atoms with Crippen LogP contribution in [0.4, 0.5) is 18.9 Å². The maximum Gasteiger partial charge on any atom is 0.573 e. The van der Waals surface area contributed by atoms with Crippen LogP contribution in [0.3, 0.4) is 0 Å². The third kappa shape index (κ3) is 4.37. The van der Waals surface area contributed by atoms with Gasteiger partial charge in [-0.1, -0.05) is 35.3 Å². The summed E-state index contributed by atoms with van der Waals surface area (Å²) >= 11 is 11.3. The molecular formula is C13H8Cl2F3NO4S. The first-order valence-electron chi connectivity index (χ1n) is 6.05. The molecule has 2 rings (SSSR count). The number of aromatic hydroxyl groups is 1. The molecule has 2 aromatic carbocycles. The quantitative estimate of drug-likeness (QED) is 0.795. The number of sulfonamides is 1. The molecule has 11 heteroatoms. The lowest BCUT2D eigenvalue weighted by Crippen LogP contribution is -2.20. The Morgan fingerprint density at radius 2 is 1.75 bits per heavy atom. The summed E-state index contributed by atoms with van der Waals surface area (Å²) in [4.78, 5) is -0.693. The van der Waals surface area contributed by atoms with E-state index in [0.717, 1.165) is 24.3 Å². The molecule has 5 nitrogen and oxygen atoms in total. The first kappa shape index (κ1) is 18.5. The van der Waals surface area contributed by atoms with Gasteiger partial charge in [0.15, 0.2) is 11.5 Å². The molecule has 2 N–H and O–H groups in total. The Labute approximate surface area is 144 Å². The van der Waals surface area contributed by atoms with E-state index >= 15 is 0 Å². The molecule has 0 spiro atoms. The zero-order valence-electron chi connectivity index (χ0n) is 11.4. The van der Waals surface area contributed by atoms with Crippen molar-refractivity contribution < 1.29 is 31.4 Å². The third-order valence-electron chi connectivity index (χ3n) is 2.64. The highest BCUT2D eigenvalue weighted by Crippen LogP contribution is 2.37. The fourth-order valence-corrected chi connectivity index (χ4v) is 3.54. The zero-order chi connectivity index (χ0) is 18.1. The van der Waals surface area contributed by atoms with E-state index in [4.69, 9.17) is 23.2 Å². The van der Waals surface area contributed by atoms with Crippen LogP contribution in [0.5, 0.6) is 11.5 Å². The second kappa shape index (κ2) is 6.58. The molecule has 0 saturated heterocycles. The van der Waals surface area contributed by atoms with E-state index < -0.39 is 38.5 Å². The van der Waals surface area contributed by atoms with Crippen molar-refractivity contribution in [1.29, 1.82) is 0 Å². The smallest absolute Gasteiger partial charge is 0.505 e. The molecule has 0 unspecified atom stereocenters. The first-order valence-corrected chi connectivity index (χ1v) is 8.29. The van der Waals surface area contributed by atoms with Gasteiger partial charge < -0.3 is 9.84 Å². The third-order valence-corrected chi connectivity index (χ3v) is 4.52. The number of phenols is 1. The molecule has 0 saturated carbocycles. The van der Waals surface area contributed by atoms with Gasteiger partial charge in [-0.25, -0.2) is 8.42 Å². The van der Waals surface area contributed by atoms with Crippen molar-refractivity contribution in [3.05, 3.63) is 46.4 Å². The van der Waals surface area contributed by atoms with Crippen LogP contribution in [0.2, 0.25) is 10.0 Å². The van der Waals surface area contributed by atoms with Crippen molar-refractivity contribution in [1.82, 2.24) is 0 Å². The summed E-state index contributed by atoms with van der Waals surface area (Å²) in [6.07, 6.45) is -5.01. The van der Waals surface area contributed by atoms with Gasteiger partial charge in [0.2, 0.25) is 0 Å². The lowest BCUT2D eigenvalue weighted by molar-refractivity contribution is -0.274. The number of benzene rings is 2. The van der Waals surface area contributed by atoms with Crippen LogP contribution < -0.4 is 9.46 Å². The van der Waals surface area contributed by atoms with Crippen LogP contribution in [0.25, 0.3) is 0 Å². The second-order valence-corrected chi connectivity index (χ2v) is 6.88. The van der Waals surface area contributed by atoms with Crippen LogP contribution in [0, 0.1) is 0 Å². The SMILES string of the molecule is O=S(=O)(Nc1ccccc1OC(F)(F)F)c1cc(Cl)cc(Cl)c1O. The van der Waals surface area contributed by atoms with Crippen LogP contribution >= 0.6 is 23.2 Å². The minimum atomic E-state index is -5.01. The first-order chi connectivity index (χ1) is 11.0. The molecule has 0 heterocycles. The van der Waals surface area contributed by atoms with Gasteiger partial charge in [0.1, 0.15) is 4.90 Å². The second-order valence-electron chi connectivity index (χ2n) is 4.38. The van der Waals surface area contributed by atoms with Crippen LogP contribution in [-0.4, -0.2) is 19.9 Å². The number of phenolic OH excluding ortho intramolecular Hbond substituents is 1. The van der Waals surface area contributed by atoms with Crippen LogP contribution in [0.15, 0.2) is 41.3 Å². The molecule has 130 valence electrons. The number of hydrogen-bond acceptors (Lipinski definition) is 4. The van der Waals surface area contributed by atoms with E-state index in [1.54, 1.807) is 0 Å². The summed E-state index contributed by atoms with van der Waals surface area (Å²) in [5.74, 6) is -1.55. The van der Waals surface area contributed by atoms with Gasteiger partial charge in [-0.3, -0.25) is 4.72 Å². The van der Waals surface area contributed by atoms with Gasteiger partial charge >= 0.3 is 6.36 Å². The summed E-state index contributed by atoms with van der Waals surface area (Å²) in [5, 5.41) is 9.35. The number of nitrogens with one attached hydrogen (secondary N) is 1. The Kier molecular flexibility index (Phi) is 5.07. The van der Waals surface area contributed by atoms with Gasteiger partial charge in [0, 0.05) is 5.02 Å². The number of ether oxygens (including phenoxy) is 1. The highest BCUT2D eigenvalue weighted by molar-refractivity contribution is 7.92. The molecule has 0 fully saturated rings. The minimum Gasteiger partial charge on any atom is -0.505 e. The standard InChI is InChI=1S/C13H8Cl2F3NO4S/c14-7-5-8(15)12(20)11(6-7)24(21,22)19-9-3-1-2-4-10(9)23-13(16,17)18/h1-6,19-20H. The molecule has 24 heavy (non-hydrogen) atoms. The Bertz CT molecular complexity index is 872. The van der Waals surface area contributed by atoms with Gasteiger partial charge in [-0.2, -0.15) is 0 Å². The van der Waals surface area contributed by atoms with E-state index in [2.05, 4.69) is 4.74 Å². The Balaban J connectivity index is 2.45. The lowest BCUT2D eigenvalue weighted by atomic mass is 10.3. The number of anilines is 1. The highest BCUT2D eigenvalue weighted by atomic mass is 35.5. The molecule has 0 atom stereocenters. The van der Waals surface area contributed by atoms with E-state index in [0.29, 0.717) is 0 Å². The summed E-state index contributed by atoms with van der Waals surface area (Å²) in [7, 11) is -4.48. The van der Waals surface area contributed by atoms with Gasteiger partial charge in [0.05, 0.1) is 10.7 Å². The maximum atomic E-state index is 12.4. The van der Waals surface area contributed by atoms with E-state index in [1.165, 1.54) is 12.1 Å². The largest absolute Gasteiger partial charge is 0.573 e. The van der Waals surface area contributed by atoms with Gasteiger partial charge in [0.25, 0.3) is 10.0 Å². The predicted octanol–water partition coefficient (Wildman–Crippen LogP) is 4.40. The molecule has 2 aromatic rings. The highest BCUT2D eigenvalue weighted by Gasteiger charge is 2.33. The van der Waals surface area contributed by atoms with Crippen LogP contribution in [-0.2, 0) is 10.0 Å². The number of halogens is 5. The monoisotopic (exact) mass is 401 g/mol. The average molecular weight is 402 g/mol. The van der Waals surface area contributed by atoms with Crippen LogP contribution in [0.1, 0.15) is 0 Å². The number of rotatable bonds is 4. The van der Waals surface area contributed by atoms with Gasteiger partial charge in [-0.05, 0) is 24.3 Å². The fraction of sp³-hybridized carbons (Fsp3) is 0.0769. The van der Waals surface area contributed by atoms with E-state index in [-0.39, 0.29) is 10.0 Å². The summed E-state index contributed by atoms with van der Waals surface area (Å²) < 4.78 is 67.4. The minimum absolute atomic E-state index is 0.0852. The molecule has 0 radical (unpaired) electrons.